The molecule has 25 heavy (non-hydrogen) atoms. The fourth-order valence-electron chi connectivity index (χ4n) is 2.91. The molecule has 1 saturated heterocycles. The standard InChI is InChI=1S/C19H25N3O3/c1-3-9-20-18(23)15-21-10-6-11-22(13-12-21)19(24)14-16-7-4-5-8-17(16)25-2/h1,4-5,7-8H,6,9-15H2,2H3,(H,20,23). The average molecular weight is 343 g/mol. The normalized spacial score (nSPS) is 15.1. The lowest BCUT2D eigenvalue weighted by Gasteiger charge is -2.22. The highest BCUT2D eigenvalue weighted by Gasteiger charge is 2.21. The number of carbonyl (C=O) groups is 2. The van der Waals surface area contributed by atoms with Gasteiger partial charge in [0, 0.05) is 31.7 Å². The number of para-hydroxylation sites is 1. The van der Waals surface area contributed by atoms with Crippen LogP contribution in [0, 0.1) is 12.3 Å². The number of hydrogen-bond donors (Lipinski definition) is 1. The van der Waals surface area contributed by atoms with E-state index in [1.165, 1.54) is 0 Å². The van der Waals surface area contributed by atoms with Gasteiger partial charge in [0.15, 0.2) is 0 Å². The smallest absolute Gasteiger partial charge is 0.234 e. The van der Waals surface area contributed by atoms with Gasteiger partial charge in [-0.25, -0.2) is 0 Å². The van der Waals surface area contributed by atoms with Gasteiger partial charge in [-0.2, -0.15) is 0 Å². The van der Waals surface area contributed by atoms with Crippen molar-refractivity contribution in [1.29, 1.82) is 0 Å². The molecule has 0 spiro atoms. The number of methoxy groups -OCH3 is 1. The maximum atomic E-state index is 12.6. The molecule has 0 aliphatic carbocycles. The minimum Gasteiger partial charge on any atom is -0.496 e. The largest absolute Gasteiger partial charge is 0.496 e. The van der Waals surface area contributed by atoms with E-state index in [1.807, 2.05) is 29.2 Å². The van der Waals surface area contributed by atoms with E-state index < -0.39 is 0 Å². The van der Waals surface area contributed by atoms with E-state index in [4.69, 9.17) is 11.2 Å². The first-order valence-corrected chi connectivity index (χ1v) is 8.46. The molecular formula is C19H25N3O3. The zero-order valence-corrected chi connectivity index (χ0v) is 14.7. The van der Waals surface area contributed by atoms with Crippen LogP contribution in [0.4, 0.5) is 0 Å². The molecule has 0 saturated carbocycles. The van der Waals surface area contributed by atoms with Crippen molar-refractivity contribution < 1.29 is 14.3 Å². The second-order valence-electron chi connectivity index (χ2n) is 5.98. The second-order valence-corrected chi connectivity index (χ2v) is 5.98. The van der Waals surface area contributed by atoms with E-state index in [2.05, 4.69) is 16.1 Å². The lowest BCUT2D eigenvalue weighted by atomic mass is 10.1. The lowest BCUT2D eigenvalue weighted by molar-refractivity contribution is -0.130. The second kappa shape index (κ2) is 9.70. The van der Waals surface area contributed by atoms with Crippen molar-refractivity contribution in [2.75, 3.05) is 46.4 Å². The van der Waals surface area contributed by atoms with Gasteiger partial charge in [-0.3, -0.25) is 14.5 Å². The molecular weight excluding hydrogens is 318 g/mol. The number of carbonyl (C=O) groups excluding carboxylic acids is 2. The number of benzene rings is 1. The predicted molar refractivity (Wildman–Crippen MR) is 96.2 cm³/mol. The SMILES string of the molecule is C#CCNC(=O)CN1CCCN(C(=O)Cc2ccccc2OC)CC1. The predicted octanol–water partition coefficient (Wildman–Crippen LogP) is 0.521. The van der Waals surface area contributed by atoms with Gasteiger partial charge in [0.2, 0.25) is 11.8 Å². The highest BCUT2D eigenvalue weighted by Crippen LogP contribution is 2.19. The van der Waals surface area contributed by atoms with Crippen LogP contribution < -0.4 is 10.1 Å². The Morgan fingerprint density at radius 1 is 1.24 bits per heavy atom. The molecule has 0 bridgehead atoms. The van der Waals surface area contributed by atoms with Crippen molar-refractivity contribution >= 4 is 11.8 Å². The van der Waals surface area contributed by atoms with Gasteiger partial charge >= 0.3 is 0 Å². The van der Waals surface area contributed by atoms with Crippen LogP contribution in [0.2, 0.25) is 0 Å². The topological polar surface area (TPSA) is 61.9 Å². The third-order valence-electron chi connectivity index (χ3n) is 4.23. The van der Waals surface area contributed by atoms with Gasteiger partial charge in [-0.05, 0) is 12.5 Å². The maximum Gasteiger partial charge on any atom is 0.234 e. The van der Waals surface area contributed by atoms with E-state index in [0.29, 0.717) is 32.6 Å². The van der Waals surface area contributed by atoms with E-state index >= 15 is 0 Å². The van der Waals surface area contributed by atoms with E-state index in [9.17, 15) is 9.59 Å². The summed E-state index contributed by atoms with van der Waals surface area (Å²) in [6.07, 6.45) is 6.31. The number of hydrogen-bond acceptors (Lipinski definition) is 4. The highest BCUT2D eigenvalue weighted by atomic mass is 16.5. The van der Waals surface area contributed by atoms with Gasteiger partial charge in [0.05, 0.1) is 26.6 Å². The molecule has 1 heterocycles. The Kier molecular flexibility index (Phi) is 7.30. The van der Waals surface area contributed by atoms with Crippen LogP contribution in [0.25, 0.3) is 0 Å². The first kappa shape index (κ1) is 18.8. The molecule has 1 aliphatic rings. The molecule has 0 unspecified atom stereocenters. The van der Waals surface area contributed by atoms with Gasteiger partial charge < -0.3 is 15.0 Å². The fraction of sp³-hybridized carbons (Fsp3) is 0.474. The monoisotopic (exact) mass is 343 g/mol. The van der Waals surface area contributed by atoms with Crippen LogP contribution in [0.15, 0.2) is 24.3 Å². The van der Waals surface area contributed by atoms with Crippen LogP contribution in [-0.4, -0.2) is 68.0 Å². The Balaban J connectivity index is 1.86. The first-order chi connectivity index (χ1) is 12.1. The Labute approximate surface area is 149 Å². The molecule has 1 aliphatic heterocycles. The molecule has 0 atom stereocenters. The zero-order valence-electron chi connectivity index (χ0n) is 14.7. The number of nitrogens with zero attached hydrogens (tertiary/aromatic N) is 2. The summed E-state index contributed by atoms with van der Waals surface area (Å²) in [5, 5.41) is 2.67. The van der Waals surface area contributed by atoms with Gasteiger partial charge in [-0.15, -0.1) is 6.42 Å². The molecule has 1 aromatic carbocycles. The van der Waals surface area contributed by atoms with Gasteiger partial charge in [0.25, 0.3) is 0 Å². The third-order valence-corrected chi connectivity index (χ3v) is 4.23. The Bertz CT molecular complexity index is 639. The molecule has 1 aromatic rings. The molecule has 1 fully saturated rings. The zero-order chi connectivity index (χ0) is 18.1. The quantitative estimate of drug-likeness (QED) is 0.765. The van der Waals surface area contributed by atoms with E-state index in [0.717, 1.165) is 24.3 Å². The number of nitrogens with one attached hydrogen (secondary N) is 1. The van der Waals surface area contributed by atoms with Crippen molar-refractivity contribution in [1.82, 2.24) is 15.1 Å². The number of amides is 2. The molecule has 134 valence electrons. The minimum atomic E-state index is -0.0771. The van der Waals surface area contributed by atoms with E-state index in [1.54, 1.807) is 7.11 Å². The van der Waals surface area contributed by atoms with E-state index in [-0.39, 0.29) is 18.4 Å². The van der Waals surface area contributed by atoms with Crippen LogP contribution in [-0.2, 0) is 16.0 Å². The number of rotatable bonds is 6. The summed E-state index contributed by atoms with van der Waals surface area (Å²) in [6, 6.07) is 7.57. The molecule has 0 aromatic heterocycles. The van der Waals surface area contributed by atoms with Crippen molar-refractivity contribution in [3.8, 4) is 18.1 Å². The average Bonchev–Trinajstić information content (AvgIpc) is 2.86. The molecule has 6 heteroatoms. The molecule has 6 nitrogen and oxygen atoms in total. The van der Waals surface area contributed by atoms with Crippen molar-refractivity contribution in [2.45, 2.75) is 12.8 Å². The minimum absolute atomic E-state index is 0.0771. The Morgan fingerprint density at radius 3 is 2.80 bits per heavy atom. The van der Waals surface area contributed by atoms with Crippen LogP contribution in [0.1, 0.15) is 12.0 Å². The lowest BCUT2D eigenvalue weighted by Crippen LogP contribution is -2.40. The molecule has 1 N–H and O–H groups in total. The van der Waals surface area contributed by atoms with Crippen molar-refractivity contribution in [3.05, 3.63) is 29.8 Å². The number of ether oxygens (including phenoxy) is 1. The van der Waals surface area contributed by atoms with Gasteiger partial charge in [-0.1, -0.05) is 24.1 Å². The summed E-state index contributed by atoms with van der Waals surface area (Å²) in [5.74, 6) is 3.13. The number of terminal acetylenes is 1. The summed E-state index contributed by atoms with van der Waals surface area (Å²) in [5.41, 5.74) is 0.893. The molecule has 0 radical (unpaired) electrons. The summed E-state index contributed by atoms with van der Waals surface area (Å²) in [7, 11) is 1.61. The molecule has 2 rings (SSSR count). The summed E-state index contributed by atoms with van der Waals surface area (Å²) in [6.45, 7) is 3.36. The Morgan fingerprint density at radius 2 is 2.04 bits per heavy atom. The first-order valence-electron chi connectivity index (χ1n) is 8.46. The van der Waals surface area contributed by atoms with Crippen molar-refractivity contribution in [3.63, 3.8) is 0 Å². The Hall–Kier alpha value is -2.52. The van der Waals surface area contributed by atoms with Crippen molar-refractivity contribution in [2.24, 2.45) is 0 Å². The van der Waals surface area contributed by atoms with Crippen LogP contribution in [0.5, 0.6) is 5.75 Å². The summed E-state index contributed by atoms with van der Waals surface area (Å²) >= 11 is 0. The fourth-order valence-corrected chi connectivity index (χ4v) is 2.91. The molecule has 2 amide bonds. The maximum absolute atomic E-state index is 12.6. The summed E-state index contributed by atoms with van der Waals surface area (Å²) in [4.78, 5) is 28.3. The highest BCUT2D eigenvalue weighted by molar-refractivity contribution is 5.80. The van der Waals surface area contributed by atoms with Crippen LogP contribution >= 0.6 is 0 Å². The third kappa shape index (κ3) is 5.80. The van der Waals surface area contributed by atoms with Crippen LogP contribution in [0.3, 0.4) is 0 Å². The summed E-state index contributed by atoms with van der Waals surface area (Å²) < 4.78 is 5.31. The van der Waals surface area contributed by atoms with Gasteiger partial charge in [0.1, 0.15) is 5.75 Å².